The summed E-state index contributed by atoms with van der Waals surface area (Å²) in [6, 6.07) is 7.92. The van der Waals surface area contributed by atoms with E-state index in [-0.39, 0.29) is 17.9 Å². The molecule has 2 aromatic rings. The highest BCUT2D eigenvalue weighted by atomic mass is 16.5. The monoisotopic (exact) mass is 423 g/mol. The number of amides is 2. The molecule has 0 aliphatic carbocycles. The van der Waals surface area contributed by atoms with Crippen molar-refractivity contribution in [2.75, 3.05) is 50.8 Å². The molecule has 8 heteroatoms. The Morgan fingerprint density at radius 2 is 1.55 bits per heavy atom. The number of ether oxygens (including phenoxy) is 1. The van der Waals surface area contributed by atoms with Crippen LogP contribution in [0.3, 0.4) is 0 Å². The fourth-order valence-electron chi connectivity index (χ4n) is 4.84. The largest absolute Gasteiger partial charge is 0.368 e. The number of fused-ring (bicyclic) bond motifs is 1. The lowest BCUT2D eigenvalue weighted by Crippen LogP contribution is -2.53. The topological polar surface area (TPSA) is 78.9 Å². The molecule has 0 N–H and O–H groups in total. The number of carbonyl (C=O) groups excluding carboxylic acids is 2. The van der Waals surface area contributed by atoms with Crippen molar-refractivity contribution in [1.29, 1.82) is 0 Å². The van der Waals surface area contributed by atoms with Crippen molar-refractivity contribution in [3.05, 3.63) is 30.0 Å². The standard InChI is InChI=1S/C23H29N5O3/c29-22(19-9-6-16-31-19)27-12-14-28(15-13-27)23(30)20-17-7-2-3-8-18(17)21(25-24-20)26-10-4-1-5-11-26/h2-3,7-8,19H,1,4-6,9-16H2. The molecule has 0 radical (unpaired) electrons. The predicted octanol–water partition coefficient (Wildman–Crippen LogP) is 2.08. The Hall–Kier alpha value is -2.74. The van der Waals surface area contributed by atoms with Gasteiger partial charge in [-0.05, 0) is 32.1 Å². The van der Waals surface area contributed by atoms with Gasteiger partial charge in [-0.15, -0.1) is 10.2 Å². The first kappa shape index (κ1) is 20.2. The normalized spacial score (nSPS) is 22.2. The van der Waals surface area contributed by atoms with Crippen LogP contribution in [0.1, 0.15) is 42.6 Å². The van der Waals surface area contributed by atoms with Crippen molar-refractivity contribution in [1.82, 2.24) is 20.0 Å². The number of piperidine rings is 1. The molecule has 5 rings (SSSR count). The van der Waals surface area contributed by atoms with Crippen molar-refractivity contribution >= 4 is 28.4 Å². The molecule has 1 unspecified atom stereocenters. The summed E-state index contributed by atoms with van der Waals surface area (Å²) in [6.45, 7) is 4.68. The summed E-state index contributed by atoms with van der Waals surface area (Å²) >= 11 is 0. The zero-order valence-electron chi connectivity index (χ0n) is 17.8. The van der Waals surface area contributed by atoms with Gasteiger partial charge in [-0.1, -0.05) is 24.3 Å². The minimum Gasteiger partial charge on any atom is -0.368 e. The van der Waals surface area contributed by atoms with E-state index in [1.807, 2.05) is 29.2 Å². The van der Waals surface area contributed by atoms with Gasteiger partial charge in [0.05, 0.1) is 0 Å². The van der Waals surface area contributed by atoms with E-state index in [2.05, 4.69) is 15.1 Å². The van der Waals surface area contributed by atoms with Crippen molar-refractivity contribution in [3.63, 3.8) is 0 Å². The summed E-state index contributed by atoms with van der Waals surface area (Å²) in [6.07, 6.45) is 4.99. The van der Waals surface area contributed by atoms with Crippen LogP contribution in [0.2, 0.25) is 0 Å². The summed E-state index contributed by atoms with van der Waals surface area (Å²) in [5.74, 6) is 0.817. The van der Waals surface area contributed by atoms with Crippen LogP contribution in [0.15, 0.2) is 24.3 Å². The molecule has 164 valence electrons. The van der Waals surface area contributed by atoms with E-state index < -0.39 is 0 Å². The van der Waals surface area contributed by atoms with Crippen molar-refractivity contribution in [3.8, 4) is 0 Å². The molecule has 8 nitrogen and oxygen atoms in total. The first-order valence-corrected chi connectivity index (χ1v) is 11.4. The van der Waals surface area contributed by atoms with Crippen LogP contribution in [-0.2, 0) is 9.53 Å². The molecule has 3 aliphatic heterocycles. The average Bonchev–Trinajstić information content (AvgIpc) is 3.38. The second-order valence-electron chi connectivity index (χ2n) is 8.58. The number of piperazine rings is 1. The molecule has 3 aliphatic rings. The highest BCUT2D eigenvalue weighted by molar-refractivity contribution is 6.07. The van der Waals surface area contributed by atoms with Gasteiger partial charge < -0.3 is 19.4 Å². The lowest BCUT2D eigenvalue weighted by Gasteiger charge is -2.35. The Bertz CT molecular complexity index is 961. The van der Waals surface area contributed by atoms with E-state index >= 15 is 0 Å². The zero-order valence-corrected chi connectivity index (χ0v) is 17.8. The van der Waals surface area contributed by atoms with Crippen LogP contribution < -0.4 is 4.90 Å². The third kappa shape index (κ3) is 3.96. The van der Waals surface area contributed by atoms with Gasteiger partial charge >= 0.3 is 0 Å². The number of rotatable bonds is 3. The maximum absolute atomic E-state index is 13.3. The van der Waals surface area contributed by atoms with Gasteiger partial charge in [-0.2, -0.15) is 0 Å². The minimum atomic E-state index is -0.306. The SMILES string of the molecule is O=C(c1nnc(N2CCCCC2)c2ccccc12)N1CCN(C(=O)C2CCCO2)CC1. The molecule has 1 aromatic carbocycles. The van der Waals surface area contributed by atoms with E-state index in [1.165, 1.54) is 6.42 Å². The van der Waals surface area contributed by atoms with Gasteiger partial charge in [0.25, 0.3) is 11.8 Å². The number of benzene rings is 1. The zero-order chi connectivity index (χ0) is 21.2. The summed E-state index contributed by atoms with van der Waals surface area (Å²) in [4.78, 5) is 31.8. The lowest BCUT2D eigenvalue weighted by atomic mass is 10.1. The van der Waals surface area contributed by atoms with E-state index in [0.29, 0.717) is 38.5 Å². The molecule has 0 spiro atoms. The first-order valence-electron chi connectivity index (χ1n) is 11.4. The van der Waals surface area contributed by atoms with Gasteiger partial charge in [0, 0.05) is 56.6 Å². The highest BCUT2D eigenvalue weighted by Crippen LogP contribution is 2.28. The molecule has 0 saturated carbocycles. The Balaban J connectivity index is 1.33. The van der Waals surface area contributed by atoms with Crippen LogP contribution in [-0.4, -0.2) is 83.8 Å². The van der Waals surface area contributed by atoms with E-state index in [1.54, 1.807) is 4.90 Å². The second-order valence-corrected chi connectivity index (χ2v) is 8.58. The summed E-state index contributed by atoms with van der Waals surface area (Å²) in [5.41, 5.74) is 0.398. The van der Waals surface area contributed by atoms with E-state index in [4.69, 9.17) is 4.74 Å². The highest BCUT2D eigenvalue weighted by Gasteiger charge is 2.32. The van der Waals surface area contributed by atoms with Crippen LogP contribution >= 0.6 is 0 Å². The molecular weight excluding hydrogens is 394 g/mol. The number of aromatic nitrogens is 2. The van der Waals surface area contributed by atoms with Gasteiger partial charge in [0.15, 0.2) is 11.5 Å². The molecule has 1 atom stereocenters. The third-order valence-electron chi connectivity index (χ3n) is 6.61. The quantitative estimate of drug-likeness (QED) is 0.752. The van der Waals surface area contributed by atoms with Gasteiger partial charge in [-0.3, -0.25) is 9.59 Å². The van der Waals surface area contributed by atoms with Crippen LogP contribution in [0.4, 0.5) is 5.82 Å². The predicted molar refractivity (Wildman–Crippen MR) is 117 cm³/mol. The molecule has 0 bridgehead atoms. The fourth-order valence-corrected chi connectivity index (χ4v) is 4.84. The number of hydrogen-bond donors (Lipinski definition) is 0. The summed E-state index contributed by atoms with van der Waals surface area (Å²) < 4.78 is 5.53. The molecular formula is C23H29N5O3. The van der Waals surface area contributed by atoms with Crippen molar-refractivity contribution in [2.24, 2.45) is 0 Å². The molecule has 2 amide bonds. The number of hydrogen-bond acceptors (Lipinski definition) is 6. The Morgan fingerprint density at radius 1 is 0.839 bits per heavy atom. The minimum absolute atomic E-state index is 0.0562. The molecule has 3 fully saturated rings. The Morgan fingerprint density at radius 3 is 2.26 bits per heavy atom. The number of nitrogens with zero attached hydrogens (tertiary/aromatic N) is 5. The number of anilines is 1. The maximum atomic E-state index is 13.3. The van der Waals surface area contributed by atoms with Gasteiger partial charge in [0.1, 0.15) is 6.10 Å². The average molecular weight is 424 g/mol. The summed E-state index contributed by atoms with van der Waals surface area (Å²) in [7, 11) is 0. The maximum Gasteiger partial charge on any atom is 0.275 e. The van der Waals surface area contributed by atoms with Crippen LogP contribution in [0.25, 0.3) is 10.8 Å². The van der Waals surface area contributed by atoms with Crippen molar-refractivity contribution in [2.45, 2.75) is 38.2 Å². The smallest absolute Gasteiger partial charge is 0.275 e. The molecule has 1 aromatic heterocycles. The van der Waals surface area contributed by atoms with Crippen molar-refractivity contribution < 1.29 is 14.3 Å². The van der Waals surface area contributed by atoms with Gasteiger partial charge in [-0.25, -0.2) is 0 Å². The molecule has 31 heavy (non-hydrogen) atoms. The second kappa shape index (κ2) is 8.78. The molecule has 4 heterocycles. The Kier molecular flexibility index (Phi) is 5.72. The fraction of sp³-hybridized carbons (Fsp3) is 0.565. The van der Waals surface area contributed by atoms with E-state index in [0.717, 1.165) is 55.4 Å². The van der Waals surface area contributed by atoms with E-state index in [9.17, 15) is 9.59 Å². The van der Waals surface area contributed by atoms with Crippen LogP contribution in [0, 0.1) is 0 Å². The Labute approximate surface area is 182 Å². The first-order chi connectivity index (χ1) is 15.2. The molecule has 3 saturated heterocycles. The summed E-state index contributed by atoms with van der Waals surface area (Å²) in [5, 5.41) is 10.7. The lowest BCUT2D eigenvalue weighted by molar-refractivity contribution is -0.142. The number of carbonyl (C=O) groups is 2. The third-order valence-corrected chi connectivity index (χ3v) is 6.61. The van der Waals surface area contributed by atoms with Crippen LogP contribution in [0.5, 0.6) is 0 Å². The van der Waals surface area contributed by atoms with Gasteiger partial charge in [0.2, 0.25) is 0 Å².